The number of hydrogen-bond acceptors (Lipinski definition) is 5. The third-order valence-electron chi connectivity index (χ3n) is 0.384. The van der Waals surface area contributed by atoms with Crippen molar-refractivity contribution < 1.29 is 79.2 Å². The Balaban J connectivity index is -0.0000000733. The van der Waals surface area contributed by atoms with Crippen LogP contribution in [0, 0.1) is 0 Å². The zero-order valence-corrected chi connectivity index (χ0v) is 13.4. The average Bonchev–Trinajstić information content (AvgIpc) is 1.82. The zero-order valence-electron chi connectivity index (χ0n) is 7.77. The molecule has 0 amide bonds. The summed E-state index contributed by atoms with van der Waals surface area (Å²) in [5.74, 6) is -1.09. The number of carboxylic acids is 1. The summed E-state index contributed by atoms with van der Waals surface area (Å²) in [6.07, 6.45) is 0. The van der Waals surface area contributed by atoms with E-state index < -0.39 is 22.9 Å². The number of aliphatic carboxylic acids is 1. The van der Waals surface area contributed by atoms with Crippen molar-refractivity contribution in [1.82, 2.24) is 5.32 Å². The molecular formula is C4H6N2Na2O4S2. The van der Waals surface area contributed by atoms with E-state index in [0.717, 1.165) is 0 Å². The normalized spacial score (nSPS) is 6.29. The molecule has 70 valence electrons. The largest absolute Gasteiger partial charge is 1.00 e. The molecule has 0 aliphatic heterocycles. The van der Waals surface area contributed by atoms with Gasteiger partial charge < -0.3 is 26.4 Å². The summed E-state index contributed by atoms with van der Waals surface area (Å²) < 4.78 is 0. The first-order valence-electron chi connectivity index (χ1n) is 2.49. The summed E-state index contributed by atoms with van der Waals surface area (Å²) in [6, 6.07) is 0. The molecule has 0 aromatic carbocycles. The second-order valence-corrected chi connectivity index (χ2v) is 2.13. The molecule has 0 aliphatic carbocycles. The molecule has 4 N–H and O–H groups in total. The van der Waals surface area contributed by atoms with Crippen molar-refractivity contribution in [1.29, 1.82) is 0 Å². The first kappa shape index (κ1) is 24.2. The van der Waals surface area contributed by atoms with Crippen LogP contribution in [0.15, 0.2) is 0 Å². The molecule has 0 atom stereocenters. The van der Waals surface area contributed by atoms with Gasteiger partial charge in [0.05, 0.1) is 0 Å². The maximum absolute atomic E-state index is 9.79. The van der Waals surface area contributed by atoms with Gasteiger partial charge in [-0.2, -0.15) is 0 Å². The van der Waals surface area contributed by atoms with Gasteiger partial charge in [-0.3, -0.25) is 4.79 Å². The van der Waals surface area contributed by atoms with E-state index in [1.165, 1.54) is 0 Å². The molecule has 0 spiro atoms. The van der Waals surface area contributed by atoms with E-state index in [-0.39, 0.29) is 59.1 Å². The number of hydrogen-bond donors (Lipinski definition) is 3. The van der Waals surface area contributed by atoms with Crippen LogP contribution >= 0.6 is 24.4 Å². The summed E-state index contributed by atoms with van der Waals surface area (Å²) in [5, 5.41) is 27.2. The van der Waals surface area contributed by atoms with Crippen molar-refractivity contribution in [2.45, 2.75) is 0 Å². The first-order chi connectivity index (χ1) is 5.36. The van der Waals surface area contributed by atoms with Gasteiger partial charge in [0.25, 0.3) is 0 Å². The third kappa shape index (κ3) is 52.7. The van der Waals surface area contributed by atoms with E-state index >= 15 is 0 Å². The van der Waals surface area contributed by atoms with E-state index in [9.17, 15) is 9.90 Å². The molecule has 10 heteroatoms. The fraction of sp³-hybridized carbons (Fsp3) is 0.250. The smallest absolute Gasteiger partial charge is 0.852 e. The van der Waals surface area contributed by atoms with Crippen LogP contribution in [-0.2, 0) is 4.79 Å². The van der Waals surface area contributed by atoms with Crippen molar-refractivity contribution in [2.75, 3.05) is 6.54 Å². The molecule has 0 aromatic heterocycles. The van der Waals surface area contributed by atoms with Crippen molar-refractivity contribution in [3.05, 3.63) is 0 Å². The Morgan fingerprint density at radius 1 is 1.36 bits per heavy atom. The summed E-state index contributed by atoms with van der Waals surface area (Å²) >= 11 is 7.74. The Morgan fingerprint density at radius 3 is 1.71 bits per heavy atom. The van der Waals surface area contributed by atoms with Crippen LogP contribution in [0.4, 0.5) is 0 Å². The minimum Gasteiger partial charge on any atom is -0.852 e. The van der Waals surface area contributed by atoms with E-state index in [1.54, 1.807) is 0 Å². The Hall–Kier alpha value is 0.850. The quantitative estimate of drug-likeness (QED) is 0.329. The van der Waals surface area contributed by atoms with Crippen LogP contribution in [0.25, 0.3) is 0 Å². The van der Waals surface area contributed by atoms with Gasteiger partial charge in [-0.1, -0.05) is 24.4 Å². The molecule has 0 aromatic rings. The number of nitrogens with one attached hydrogen (secondary N) is 1. The van der Waals surface area contributed by atoms with Crippen LogP contribution in [0.3, 0.4) is 0 Å². The minimum atomic E-state index is -1.09. The summed E-state index contributed by atoms with van der Waals surface area (Å²) in [7, 11) is 0. The fourth-order valence-corrected chi connectivity index (χ4v) is 0.220. The zero-order chi connectivity index (χ0) is 10.1. The Bertz CT molecular complexity index is 174. The second-order valence-electron chi connectivity index (χ2n) is 1.35. The van der Waals surface area contributed by atoms with Gasteiger partial charge in [-0.15, -0.1) is 0 Å². The van der Waals surface area contributed by atoms with Crippen molar-refractivity contribution in [2.24, 2.45) is 5.73 Å². The van der Waals surface area contributed by atoms with Crippen LogP contribution in [-0.4, -0.2) is 28.0 Å². The predicted molar refractivity (Wildman–Crippen MR) is 45.0 cm³/mol. The van der Waals surface area contributed by atoms with Gasteiger partial charge in [-0.05, 0) is 0 Å². The standard InChI is InChI=1S/C3H5NO3S.CH3NOS.2Na/c5-2(6)1-4-3(7)8;2-1(3)4;;/h1H2,(H,5,6)(H2,4,7,8);(H3,2,3,4);;/q;;2*+1/p-2. The molecule has 0 bridgehead atoms. The number of nitrogens with two attached hydrogens (primary N) is 1. The maximum Gasteiger partial charge on any atom is 1.00 e. The molecule has 0 fully saturated rings. The first-order valence-corrected chi connectivity index (χ1v) is 3.31. The van der Waals surface area contributed by atoms with Crippen LogP contribution in [0.2, 0.25) is 0 Å². The second kappa shape index (κ2) is 16.3. The van der Waals surface area contributed by atoms with Crippen molar-refractivity contribution >= 4 is 40.8 Å². The topological polar surface area (TPSA) is 121 Å². The van der Waals surface area contributed by atoms with E-state index in [4.69, 9.17) is 10.2 Å². The van der Waals surface area contributed by atoms with E-state index in [2.05, 4.69) is 30.2 Å². The van der Waals surface area contributed by atoms with Gasteiger partial charge in [0.1, 0.15) is 6.54 Å². The SMILES string of the molecule is NC([O-])=S.O=C(O)CNC([O-])=S.[Na+].[Na+]. The molecule has 0 rings (SSSR count). The van der Waals surface area contributed by atoms with Crippen molar-refractivity contribution in [3.8, 4) is 0 Å². The van der Waals surface area contributed by atoms with Crippen molar-refractivity contribution in [3.63, 3.8) is 0 Å². The van der Waals surface area contributed by atoms with E-state index in [1.807, 2.05) is 5.32 Å². The number of rotatable bonds is 2. The molecule has 0 heterocycles. The molecule has 0 saturated carbocycles. The van der Waals surface area contributed by atoms with Gasteiger partial charge in [0, 0.05) is 10.3 Å². The monoisotopic (exact) mass is 256 g/mol. The molecule has 6 nitrogen and oxygen atoms in total. The summed E-state index contributed by atoms with van der Waals surface area (Å²) in [5.41, 5.74) is 4.29. The Morgan fingerprint density at radius 2 is 1.64 bits per heavy atom. The summed E-state index contributed by atoms with van der Waals surface area (Å²) in [6.45, 7) is -0.400. The van der Waals surface area contributed by atoms with Gasteiger partial charge in [0.15, 0.2) is 0 Å². The molecule has 14 heavy (non-hydrogen) atoms. The number of carboxylic acid groups (broad SMARTS) is 1. The van der Waals surface area contributed by atoms with Gasteiger partial charge >= 0.3 is 65.1 Å². The minimum absolute atomic E-state index is 0. The van der Waals surface area contributed by atoms with Crippen LogP contribution in [0.5, 0.6) is 0 Å². The van der Waals surface area contributed by atoms with Crippen LogP contribution in [0.1, 0.15) is 0 Å². The maximum atomic E-state index is 9.79. The summed E-state index contributed by atoms with van der Waals surface area (Å²) in [4.78, 5) is 9.64. The Labute approximate surface area is 136 Å². The third-order valence-corrected chi connectivity index (χ3v) is 0.528. The van der Waals surface area contributed by atoms with E-state index in [0.29, 0.717) is 0 Å². The number of carbonyl (C=O) groups is 1. The fourth-order valence-electron chi connectivity index (χ4n) is 0.148. The molecule has 0 radical (unpaired) electrons. The average molecular weight is 256 g/mol. The van der Waals surface area contributed by atoms with Gasteiger partial charge in [-0.25, -0.2) is 0 Å². The predicted octanol–water partition coefficient (Wildman–Crippen LogP) is -9.10. The molecule has 0 saturated heterocycles. The van der Waals surface area contributed by atoms with Gasteiger partial charge in [0.2, 0.25) is 0 Å². The number of thiocarbonyl (C=S) groups is 2. The Kier molecular flexibility index (Phi) is 28.1. The molecular weight excluding hydrogens is 250 g/mol. The molecule has 0 unspecified atom stereocenters. The molecule has 0 aliphatic rings. The van der Waals surface area contributed by atoms with Crippen LogP contribution < -0.4 is 80.4 Å².